The van der Waals surface area contributed by atoms with Gasteiger partial charge in [0.25, 0.3) is 0 Å². The Balaban J connectivity index is 3.50. The lowest BCUT2D eigenvalue weighted by Crippen LogP contribution is -1.94. The molecule has 0 heterocycles. The lowest BCUT2D eigenvalue weighted by atomic mass is 9.96. The van der Waals surface area contributed by atoms with Crippen LogP contribution in [-0.4, -0.2) is 0 Å². The molecule has 0 aromatic rings. The molecule has 0 nitrogen and oxygen atoms in total. The Morgan fingerprint density at radius 1 is 1.00 bits per heavy atom. The van der Waals surface area contributed by atoms with Gasteiger partial charge in [0.1, 0.15) is 0 Å². The van der Waals surface area contributed by atoms with Gasteiger partial charge in [0, 0.05) is 0 Å². The topological polar surface area (TPSA) is 0 Å². The molecule has 0 N–H and O–H groups in total. The summed E-state index contributed by atoms with van der Waals surface area (Å²) in [5, 5.41) is 0. The summed E-state index contributed by atoms with van der Waals surface area (Å²) < 4.78 is 0. The second-order valence-electron chi connectivity index (χ2n) is 5.33. The van der Waals surface area contributed by atoms with Gasteiger partial charge in [-0.3, -0.25) is 0 Å². The highest BCUT2D eigenvalue weighted by Gasteiger charge is 2.01. The van der Waals surface area contributed by atoms with Crippen LogP contribution in [0.4, 0.5) is 0 Å². The molecule has 0 fully saturated rings. The Hall–Kier alpha value is -0.260. The summed E-state index contributed by atoms with van der Waals surface area (Å²) in [4.78, 5) is 0. The molecule has 1 atom stereocenters. The second kappa shape index (κ2) is 11.2. The van der Waals surface area contributed by atoms with Gasteiger partial charge in [-0.1, -0.05) is 64.5 Å². The van der Waals surface area contributed by atoms with Crippen LogP contribution in [0, 0.1) is 5.92 Å². The quantitative estimate of drug-likeness (QED) is 0.310. The number of unbranched alkanes of at least 4 members (excludes halogenated alkanes) is 4. The minimum Gasteiger partial charge on any atom is -0.0856 e. The first-order chi connectivity index (χ1) is 7.70. The number of allylic oxidation sites excluding steroid dienone is 2. The van der Waals surface area contributed by atoms with Crippen molar-refractivity contribution in [2.45, 2.75) is 85.5 Å². The predicted octanol–water partition coefficient (Wildman–Crippen LogP) is 6.12. The lowest BCUT2D eigenvalue weighted by Gasteiger charge is -2.10. The van der Waals surface area contributed by atoms with Crippen molar-refractivity contribution in [3.05, 3.63) is 11.6 Å². The van der Waals surface area contributed by atoms with Gasteiger partial charge < -0.3 is 0 Å². The average Bonchev–Trinajstić information content (AvgIpc) is 2.29. The van der Waals surface area contributed by atoms with Crippen LogP contribution >= 0.6 is 0 Å². The van der Waals surface area contributed by atoms with Crippen molar-refractivity contribution in [1.29, 1.82) is 0 Å². The Morgan fingerprint density at radius 2 is 1.69 bits per heavy atom. The van der Waals surface area contributed by atoms with Gasteiger partial charge in [-0.2, -0.15) is 0 Å². The van der Waals surface area contributed by atoms with Gasteiger partial charge in [0.15, 0.2) is 0 Å². The summed E-state index contributed by atoms with van der Waals surface area (Å²) >= 11 is 0. The molecule has 1 unspecified atom stereocenters. The SMILES string of the molecule is CCCCCC=C(C)CCC(C)CCCC. The van der Waals surface area contributed by atoms with Crippen molar-refractivity contribution in [2.24, 2.45) is 5.92 Å². The molecule has 0 radical (unpaired) electrons. The Morgan fingerprint density at radius 3 is 2.31 bits per heavy atom. The van der Waals surface area contributed by atoms with Crippen molar-refractivity contribution in [1.82, 2.24) is 0 Å². The largest absolute Gasteiger partial charge is 0.0856 e. The van der Waals surface area contributed by atoms with Crippen LogP contribution in [0.3, 0.4) is 0 Å². The maximum atomic E-state index is 2.46. The molecule has 0 spiro atoms. The molecule has 0 aromatic heterocycles. The van der Waals surface area contributed by atoms with Gasteiger partial charge in [-0.25, -0.2) is 0 Å². The zero-order valence-electron chi connectivity index (χ0n) is 12.0. The number of hydrogen-bond acceptors (Lipinski definition) is 0. The number of hydrogen-bond donors (Lipinski definition) is 0. The van der Waals surface area contributed by atoms with E-state index in [0.29, 0.717) is 0 Å². The first kappa shape index (κ1) is 15.7. The highest BCUT2D eigenvalue weighted by Crippen LogP contribution is 2.17. The number of rotatable bonds is 10. The predicted molar refractivity (Wildman–Crippen MR) is 75.8 cm³/mol. The van der Waals surface area contributed by atoms with E-state index in [1.807, 2.05) is 0 Å². The van der Waals surface area contributed by atoms with Gasteiger partial charge >= 0.3 is 0 Å². The summed E-state index contributed by atoms with van der Waals surface area (Å²) in [7, 11) is 0. The molecule has 0 aliphatic rings. The van der Waals surface area contributed by atoms with E-state index >= 15 is 0 Å². The molecule has 0 bridgehead atoms. The third-order valence-corrected chi connectivity index (χ3v) is 3.38. The molecular formula is C16H32. The normalized spacial score (nSPS) is 14.1. The Labute approximate surface area is 104 Å². The van der Waals surface area contributed by atoms with E-state index in [1.165, 1.54) is 57.8 Å². The third-order valence-electron chi connectivity index (χ3n) is 3.38. The van der Waals surface area contributed by atoms with Crippen LogP contribution in [0.25, 0.3) is 0 Å². The highest BCUT2D eigenvalue weighted by molar-refractivity contribution is 4.97. The van der Waals surface area contributed by atoms with Crippen LogP contribution in [-0.2, 0) is 0 Å². The van der Waals surface area contributed by atoms with Crippen LogP contribution in [0.1, 0.15) is 85.5 Å². The van der Waals surface area contributed by atoms with Crippen molar-refractivity contribution in [2.75, 3.05) is 0 Å². The molecule has 96 valence electrons. The summed E-state index contributed by atoms with van der Waals surface area (Å²) in [6.07, 6.45) is 14.7. The van der Waals surface area contributed by atoms with E-state index in [9.17, 15) is 0 Å². The van der Waals surface area contributed by atoms with Crippen molar-refractivity contribution in [3.8, 4) is 0 Å². The van der Waals surface area contributed by atoms with Gasteiger partial charge in [-0.15, -0.1) is 0 Å². The van der Waals surface area contributed by atoms with E-state index in [2.05, 4.69) is 33.8 Å². The average molecular weight is 224 g/mol. The van der Waals surface area contributed by atoms with E-state index in [-0.39, 0.29) is 0 Å². The zero-order valence-corrected chi connectivity index (χ0v) is 12.0. The fourth-order valence-electron chi connectivity index (χ4n) is 2.02. The lowest BCUT2D eigenvalue weighted by molar-refractivity contribution is 0.471. The fraction of sp³-hybridized carbons (Fsp3) is 0.875. The monoisotopic (exact) mass is 224 g/mol. The molecule has 0 amide bonds. The van der Waals surface area contributed by atoms with Gasteiger partial charge in [-0.05, 0) is 38.5 Å². The fourth-order valence-corrected chi connectivity index (χ4v) is 2.02. The molecule has 0 heteroatoms. The Kier molecular flexibility index (Phi) is 11.0. The summed E-state index contributed by atoms with van der Waals surface area (Å²) in [6, 6.07) is 0. The molecule has 16 heavy (non-hydrogen) atoms. The minimum atomic E-state index is 0.916. The van der Waals surface area contributed by atoms with Crippen molar-refractivity contribution >= 4 is 0 Å². The first-order valence-electron chi connectivity index (χ1n) is 7.36. The molecule has 0 aliphatic heterocycles. The summed E-state index contributed by atoms with van der Waals surface area (Å²) in [5.41, 5.74) is 1.61. The third kappa shape index (κ3) is 10.3. The molecular weight excluding hydrogens is 192 g/mol. The molecule has 0 aromatic carbocycles. The highest BCUT2D eigenvalue weighted by atomic mass is 14.1. The standard InChI is InChI=1S/C16H32/c1-5-7-9-10-12-16(4)14-13-15(3)11-8-6-2/h12,15H,5-11,13-14H2,1-4H3. The Bertz CT molecular complexity index is 167. The second-order valence-corrected chi connectivity index (χ2v) is 5.33. The summed E-state index contributed by atoms with van der Waals surface area (Å²) in [6.45, 7) is 9.26. The zero-order chi connectivity index (χ0) is 12.2. The van der Waals surface area contributed by atoms with Gasteiger partial charge in [0.2, 0.25) is 0 Å². The molecule has 0 aliphatic carbocycles. The maximum absolute atomic E-state index is 2.46. The molecule has 0 saturated carbocycles. The van der Waals surface area contributed by atoms with E-state index in [4.69, 9.17) is 0 Å². The van der Waals surface area contributed by atoms with Crippen LogP contribution < -0.4 is 0 Å². The van der Waals surface area contributed by atoms with Crippen LogP contribution in [0.15, 0.2) is 11.6 Å². The van der Waals surface area contributed by atoms with E-state index < -0.39 is 0 Å². The smallest absolute Gasteiger partial charge is 0.0321 e. The van der Waals surface area contributed by atoms with Crippen LogP contribution in [0.5, 0.6) is 0 Å². The maximum Gasteiger partial charge on any atom is -0.0321 e. The molecule has 0 rings (SSSR count). The van der Waals surface area contributed by atoms with Crippen molar-refractivity contribution < 1.29 is 0 Å². The minimum absolute atomic E-state index is 0.916. The first-order valence-corrected chi connectivity index (χ1v) is 7.36. The van der Waals surface area contributed by atoms with Crippen molar-refractivity contribution in [3.63, 3.8) is 0 Å². The van der Waals surface area contributed by atoms with Gasteiger partial charge in [0.05, 0.1) is 0 Å². The van der Waals surface area contributed by atoms with E-state index in [0.717, 1.165) is 5.92 Å². The summed E-state index contributed by atoms with van der Waals surface area (Å²) in [5.74, 6) is 0.916. The van der Waals surface area contributed by atoms with E-state index in [1.54, 1.807) is 5.57 Å². The molecule has 0 saturated heterocycles. The van der Waals surface area contributed by atoms with Crippen LogP contribution in [0.2, 0.25) is 0 Å².